The first-order valence-electron chi connectivity index (χ1n) is 6.36. The zero-order valence-corrected chi connectivity index (χ0v) is 12.8. The third-order valence-electron chi connectivity index (χ3n) is 3.20. The molecule has 0 spiro atoms. The van der Waals surface area contributed by atoms with E-state index in [0.717, 1.165) is 5.56 Å². The van der Waals surface area contributed by atoms with E-state index in [4.69, 9.17) is 9.47 Å². The minimum absolute atomic E-state index is 0. The van der Waals surface area contributed by atoms with Crippen LogP contribution in [-0.4, -0.2) is 28.9 Å². The number of hydrogen-bond donors (Lipinski definition) is 0. The molecular formula is C15H20LiNO3. The molecule has 1 aromatic rings. The summed E-state index contributed by atoms with van der Waals surface area (Å²) in [5.74, 6) is 0. The number of rotatable bonds is 2. The van der Waals surface area contributed by atoms with Gasteiger partial charge in [0.2, 0.25) is 0 Å². The molecule has 0 radical (unpaired) electrons. The monoisotopic (exact) mass is 269 g/mol. The summed E-state index contributed by atoms with van der Waals surface area (Å²) >= 11 is 0. The molecule has 0 atom stereocenters. The average molecular weight is 269 g/mol. The third kappa shape index (κ3) is 3.52. The predicted octanol–water partition coefficient (Wildman–Crippen LogP) is 0.184. The van der Waals surface area contributed by atoms with Crippen molar-refractivity contribution in [1.82, 2.24) is 4.90 Å². The zero-order chi connectivity index (χ0) is 14.1. The second-order valence-corrected chi connectivity index (χ2v) is 5.80. The Morgan fingerprint density at radius 3 is 2.35 bits per heavy atom. The van der Waals surface area contributed by atoms with Crippen LogP contribution < -0.4 is 18.9 Å². The van der Waals surface area contributed by atoms with Gasteiger partial charge in [0.1, 0.15) is 5.72 Å². The van der Waals surface area contributed by atoms with E-state index in [1.165, 1.54) is 6.61 Å². The molecule has 20 heavy (non-hydrogen) atoms. The second kappa shape index (κ2) is 6.13. The van der Waals surface area contributed by atoms with Gasteiger partial charge in [0.05, 0.1) is 12.1 Å². The first-order valence-corrected chi connectivity index (χ1v) is 6.36. The number of ether oxygens (including phenoxy) is 2. The molecule has 1 saturated heterocycles. The standard InChI is InChI=1S/C15H20NO3.Li/c1-14(2)11-19-15(3,4)16(14)13(17)18-10-12-8-6-5-7-9-12;/h5-10H,11H2,1-4H3;/q-1;+1. The summed E-state index contributed by atoms with van der Waals surface area (Å²) in [5.41, 5.74) is -0.164. The fourth-order valence-electron chi connectivity index (χ4n) is 2.38. The van der Waals surface area contributed by atoms with E-state index in [9.17, 15) is 4.79 Å². The molecule has 104 valence electrons. The van der Waals surface area contributed by atoms with E-state index < -0.39 is 11.8 Å². The molecular weight excluding hydrogens is 249 g/mol. The largest absolute Gasteiger partial charge is 1.00 e. The van der Waals surface area contributed by atoms with Gasteiger partial charge in [0, 0.05) is 0 Å². The van der Waals surface area contributed by atoms with Crippen molar-refractivity contribution < 1.29 is 33.1 Å². The molecule has 0 unspecified atom stereocenters. The fourth-order valence-corrected chi connectivity index (χ4v) is 2.38. The van der Waals surface area contributed by atoms with Gasteiger partial charge in [-0.15, -0.1) is 12.1 Å². The summed E-state index contributed by atoms with van der Waals surface area (Å²) in [6.45, 7) is 9.63. The van der Waals surface area contributed by atoms with Crippen LogP contribution in [0.2, 0.25) is 0 Å². The van der Waals surface area contributed by atoms with E-state index in [0.29, 0.717) is 6.61 Å². The number of nitrogens with zero attached hydrogens (tertiary/aromatic N) is 1. The van der Waals surface area contributed by atoms with Gasteiger partial charge in [-0.05, 0) is 34.3 Å². The van der Waals surface area contributed by atoms with E-state index in [1.807, 2.05) is 58.0 Å². The van der Waals surface area contributed by atoms with Crippen molar-refractivity contribution in [2.75, 3.05) is 6.61 Å². The normalized spacial score (nSPS) is 19.1. The van der Waals surface area contributed by atoms with Crippen molar-refractivity contribution in [2.24, 2.45) is 0 Å². The molecule has 1 heterocycles. The Kier molecular flexibility index (Phi) is 5.20. The third-order valence-corrected chi connectivity index (χ3v) is 3.20. The van der Waals surface area contributed by atoms with Gasteiger partial charge in [-0.2, -0.15) is 17.7 Å². The average Bonchev–Trinajstić information content (AvgIpc) is 2.57. The van der Waals surface area contributed by atoms with Gasteiger partial charge in [0.15, 0.2) is 0 Å². The maximum absolute atomic E-state index is 12.2. The Hall–Kier alpha value is -1.08. The van der Waals surface area contributed by atoms with Gasteiger partial charge < -0.3 is 9.47 Å². The molecule has 0 saturated carbocycles. The Morgan fingerprint density at radius 1 is 1.25 bits per heavy atom. The van der Waals surface area contributed by atoms with Crippen LogP contribution in [0.25, 0.3) is 0 Å². The SMILES string of the molecule is CC1(C)COC(C)(C)N1C(=O)O[CH-]c1ccccc1.[Li+]. The van der Waals surface area contributed by atoms with Crippen LogP contribution in [-0.2, 0) is 9.47 Å². The van der Waals surface area contributed by atoms with Crippen molar-refractivity contribution in [3.8, 4) is 0 Å². The second-order valence-electron chi connectivity index (χ2n) is 5.80. The van der Waals surface area contributed by atoms with Crippen LogP contribution in [0.5, 0.6) is 0 Å². The van der Waals surface area contributed by atoms with Gasteiger partial charge >= 0.3 is 25.0 Å². The smallest absolute Gasteiger partial charge is 0.481 e. The zero-order valence-electron chi connectivity index (χ0n) is 12.8. The van der Waals surface area contributed by atoms with Gasteiger partial charge in [-0.3, -0.25) is 4.90 Å². The molecule has 0 aliphatic carbocycles. The first kappa shape index (κ1) is 17.0. The Labute approximate surface area is 132 Å². The van der Waals surface area contributed by atoms with Crippen molar-refractivity contribution in [2.45, 2.75) is 39.0 Å². The fraction of sp³-hybridized carbons (Fsp3) is 0.467. The number of carbonyl (C=O) groups excluding carboxylic acids is 1. The van der Waals surface area contributed by atoms with Crippen LogP contribution in [0.1, 0.15) is 33.3 Å². The van der Waals surface area contributed by atoms with Gasteiger partial charge in [-0.1, -0.05) is 6.07 Å². The van der Waals surface area contributed by atoms with Crippen LogP contribution >= 0.6 is 0 Å². The molecule has 0 N–H and O–H groups in total. The topological polar surface area (TPSA) is 38.8 Å². The van der Waals surface area contributed by atoms with Crippen LogP contribution in [0.4, 0.5) is 4.79 Å². The van der Waals surface area contributed by atoms with E-state index in [2.05, 4.69) is 0 Å². The summed E-state index contributed by atoms with van der Waals surface area (Å²) in [6.07, 6.45) is -0.392. The van der Waals surface area contributed by atoms with Crippen molar-refractivity contribution in [3.63, 3.8) is 0 Å². The van der Waals surface area contributed by atoms with Gasteiger partial charge in [0.25, 0.3) is 0 Å². The van der Waals surface area contributed by atoms with E-state index >= 15 is 0 Å². The Balaban J connectivity index is 0.00000200. The minimum Gasteiger partial charge on any atom is -0.481 e. The molecule has 1 amide bonds. The van der Waals surface area contributed by atoms with Crippen LogP contribution in [0.3, 0.4) is 0 Å². The van der Waals surface area contributed by atoms with Crippen LogP contribution in [0, 0.1) is 6.61 Å². The van der Waals surface area contributed by atoms with Crippen molar-refractivity contribution in [1.29, 1.82) is 0 Å². The molecule has 0 aromatic heterocycles. The number of hydrogen-bond acceptors (Lipinski definition) is 3. The predicted molar refractivity (Wildman–Crippen MR) is 72.3 cm³/mol. The summed E-state index contributed by atoms with van der Waals surface area (Å²) in [4.78, 5) is 13.9. The Morgan fingerprint density at radius 2 is 1.85 bits per heavy atom. The van der Waals surface area contributed by atoms with Gasteiger partial charge in [-0.25, -0.2) is 4.79 Å². The molecule has 2 rings (SSSR count). The first-order chi connectivity index (χ1) is 8.83. The number of benzene rings is 1. The molecule has 1 aliphatic heterocycles. The Bertz CT molecular complexity index is 443. The summed E-state index contributed by atoms with van der Waals surface area (Å²) in [7, 11) is 0. The quantitative estimate of drug-likeness (QED) is 0.568. The molecule has 1 aliphatic rings. The summed E-state index contributed by atoms with van der Waals surface area (Å²) in [6, 6.07) is 9.47. The van der Waals surface area contributed by atoms with Crippen molar-refractivity contribution in [3.05, 3.63) is 42.5 Å². The van der Waals surface area contributed by atoms with E-state index in [1.54, 1.807) is 4.90 Å². The molecule has 5 heteroatoms. The molecule has 0 bridgehead atoms. The van der Waals surface area contributed by atoms with E-state index in [-0.39, 0.29) is 24.4 Å². The molecule has 1 aromatic carbocycles. The summed E-state index contributed by atoms with van der Waals surface area (Å²) < 4.78 is 10.9. The summed E-state index contributed by atoms with van der Waals surface area (Å²) in [5, 5.41) is 0. The maximum atomic E-state index is 12.2. The van der Waals surface area contributed by atoms with Crippen molar-refractivity contribution >= 4 is 6.09 Å². The van der Waals surface area contributed by atoms with Crippen LogP contribution in [0.15, 0.2) is 30.3 Å². The maximum Gasteiger partial charge on any atom is 1.00 e. The number of amides is 1. The minimum atomic E-state index is -0.648. The molecule has 4 nitrogen and oxygen atoms in total. The molecule has 1 fully saturated rings. The number of carbonyl (C=O) groups is 1.